The van der Waals surface area contributed by atoms with Crippen LogP contribution in [0.3, 0.4) is 0 Å². The van der Waals surface area contributed by atoms with Crippen LogP contribution in [-0.2, 0) is 16.0 Å². The van der Waals surface area contributed by atoms with Gasteiger partial charge in [0, 0.05) is 0 Å². The fourth-order valence-corrected chi connectivity index (χ4v) is 2.14. The summed E-state index contributed by atoms with van der Waals surface area (Å²) >= 11 is 0. The van der Waals surface area contributed by atoms with Crippen LogP contribution in [0, 0.1) is 0 Å². The minimum absolute atomic E-state index is 0.208. The molecule has 0 amide bonds. The third-order valence-electron chi connectivity index (χ3n) is 2.77. The minimum atomic E-state index is -0.443. The van der Waals surface area contributed by atoms with Gasteiger partial charge in [-0.2, -0.15) is 0 Å². The fraction of sp³-hybridized carbons (Fsp3) is 0.400. The van der Waals surface area contributed by atoms with Crippen molar-refractivity contribution in [3.63, 3.8) is 0 Å². The molecule has 0 bridgehead atoms. The number of rotatable bonds is 1. The van der Waals surface area contributed by atoms with Gasteiger partial charge in [-0.05, 0) is 45.2 Å². The van der Waals surface area contributed by atoms with Gasteiger partial charge in [0.1, 0.15) is 5.60 Å². The normalized spacial score (nSPS) is 14.8. The van der Waals surface area contributed by atoms with Crippen molar-refractivity contribution in [2.75, 3.05) is 0 Å². The first-order valence-corrected chi connectivity index (χ1v) is 5.90. The van der Waals surface area contributed by atoms with Gasteiger partial charge in [-0.3, -0.25) is 0 Å². The van der Waals surface area contributed by atoms with E-state index in [1.165, 1.54) is 5.56 Å². The zero-order valence-corrected chi connectivity index (χ0v) is 10.8. The fourth-order valence-electron chi connectivity index (χ4n) is 2.14. The van der Waals surface area contributed by atoms with Gasteiger partial charge in [0.2, 0.25) is 0 Å². The molecule has 0 unspecified atom stereocenters. The number of benzene rings is 1. The Bertz CT molecular complexity index is 490. The Morgan fingerprint density at radius 2 is 1.88 bits per heavy atom. The second-order valence-corrected chi connectivity index (χ2v) is 5.49. The van der Waals surface area contributed by atoms with Crippen molar-refractivity contribution in [3.05, 3.63) is 41.0 Å². The molecule has 0 heterocycles. The number of hydrogen-bond acceptors (Lipinski definition) is 2. The van der Waals surface area contributed by atoms with Crippen molar-refractivity contribution in [2.45, 2.75) is 39.7 Å². The molecule has 0 atom stereocenters. The van der Waals surface area contributed by atoms with Gasteiger partial charge >= 0.3 is 5.97 Å². The van der Waals surface area contributed by atoms with Crippen molar-refractivity contribution >= 4 is 11.5 Å². The van der Waals surface area contributed by atoms with E-state index in [1.54, 1.807) is 0 Å². The smallest absolute Gasteiger partial charge is 0.339 e. The highest BCUT2D eigenvalue weighted by atomic mass is 16.6. The summed E-state index contributed by atoms with van der Waals surface area (Å²) in [5.74, 6) is -0.208. The number of fused-ring (bicyclic) bond motifs is 1. The molecule has 2 nitrogen and oxygen atoms in total. The van der Waals surface area contributed by atoms with Crippen LogP contribution in [0.15, 0.2) is 29.8 Å². The van der Waals surface area contributed by atoms with E-state index in [9.17, 15) is 4.79 Å². The summed E-state index contributed by atoms with van der Waals surface area (Å²) in [6.45, 7) is 7.67. The molecule has 1 aromatic rings. The molecule has 0 aromatic heterocycles. The maximum atomic E-state index is 12.2. The van der Waals surface area contributed by atoms with Crippen molar-refractivity contribution in [2.24, 2.45) is 0 Å². The average Bonchev–Trinajstić information content (AvgIpc) is 2.50. The summed E-state index contributed by atoms with van der Waals surface area (Å²) in [4.78, 5) is 12.2. The lowest BCUT2D eigenvalue weighted by Gasteiger charge is -2.20. The summed E-state index contributed by atoms with van der Waals surface area (Å²) < 4.78 is 5.45. The molecule has 1 aliphatic carbocycles. The number of carbonyl (C=O) groups excluding carboxylic acids is 1. The summed E-state index contributed by atoms with van der Waals surface area (Å²) in [5, 5.41) is 0. The standard InChI is InChI=1S/C15H18O2/c1-10-9-11-7-5-6-8-12(11)13(10)14(16)17-15(2,3)4/h5-8H,9H2,1-4H3. The Morgan fingerprint density at radius 1 is 1.24 bits per heavy atom. The molecular weight excluding hydrogens is 212 g/mol. The van der Waals surface area contributed by atoms with Crippen LogP contribution in [0.2, 0.25) is 0 Å². The number of carbonyl (C=O) groups is 1. The number of ether oxygens (including phenoxy) is 1. The van der Waals surface area contributed by atoms with E-state index in [1.807, 2.05) is 45.9 Å². The molecule has 1 aliphatic rings. The summed E-state index contributed by atoms with van der Waals surface area (Å²) in [6, 6.07) is 8.02. The third-order valence-corrected chi connectivity index (χ3v) is 2.77. The Morgan fingerprint density at radius 3 is 2.53 bits per heavy atom. The van der Waals surface area contributed by atoms with E-state index in [2.05, 4.69) is 6.07 Å². The van der Waals surface area contributed by atoms with Crippen LogP contribution in [0.1, 0.15) is 38.8 Å². The number of esters is 1. The lowest BCUT2D eigenvalue weighted by Crippen LogP contribution is -2.24. The molecule has 0 radical (unpaired) electrons. The van der Waals surface area contributed by atoms with Gasteiger partial charge in [0.25, 0.3) is 0 Å². The number of allylic oxidation sites excluding steroid dienone is 1. The lowest BCUT2D eigenvalue weighted by atomic mass is 10.1. The zero-order valence-electron chi connectivity index (χ0n) is 10.8. The largest absolute Gasteiger partial charge is 0.456 e. The van der Waals surface area contributed by atoms with E-state index in [0.29, 0.717) is 0 Å². The summed E-state index contributed by atoms with van der Waals surface area (Å²) in [7, 11) is 0. The molecule has 0 fully saturated rings. The maximum Gasteiger partial charge on any atom is 0.339 e. The Hall–Kier alpha value is -1.57. The van der Waals surface area contributed by atoms with Crippen molar-refractivity contribution in [1.29, 1.82) is 0 Å². The van der Waals surface area contributed by atoms with Gasteiger partial charge < -0.3 is 4.74 Å². The zero-order chi connectivity index (χ0) is 12.6. The summed E-state index contributed by atoms with van der Waals surface area (Å²) in [6.07, 6.45) is 0.852. The van der Waals surface area contributed by atoms with E-state index in [0.717, 1.165) is 23.1 Å². The molecule has 0 spiro atoms. The van der Waals surface area contributed by atoms with Crippen molar-refractivity contribution in [1.82, 2.24) is 0 Å². The van der Waals surface area contributed by atoms with Crippen molar-refractivity contribution < 1.29 is 9.53 Å². The SMILES string of the molecule is CC1=C(C(=O)OC(C)(C)C)c2ccccc2C1. The molecular formula is C15H18O2. The predicted octanol–water partition coefficient (Wildman–Crippen LogP) is 3.36. The van der Waals surface area contributed by atoms with E-state index >= 15 is 0 Å². The van der Waals surface area contributed by atoms with E-state index in [4.69, 9.17) is 4.74 Å². The monoisotopic (exact) mass is 230 g/mol. The molecule has 90 valence electrons. The van der Waals surface area contributed by atoms with Gasteiger partial charge in [-0.15, -0.1) is 0 Å². The van der Waals surface area contributed by atoms with Crippen LogP contribution in [0.4, 0.5) is 0 Å². The molecule has 0 N–H and O–H groups in total. The molecule has 0 saturated carbocycles. The molecule has 17 heavy (non-hydrogen) atoms. The first kappa shape index (κ1) is 11.9. The third kappa shape index (κ3) is 2.41. The van der Waals surface area contributed by atoms with Gasteiger partial charge in [-0.1, -0.05) is 29.8 Å². The lowest BCUT2D eigenvalue weighted by molar-refractivity contribution is -0.147. The number of hydrogen-bond donors (Lipinski definition) is 0. The Labute approximate surface area is 102 Å². The van der Waals surface area contributed by atoms with Crippen LogP contribution < -0.4 is 0 Å². The van der Waals surface area contributed by atoms with Crippen LogP contribution in [0.5, 0.6) is 0 Å². The van der Waals surface area contributed by atoms with E-state index in [-0.39, 0.29) is 5.97 Å². The molecule has 2 rings (SSSR count). The first-order valence-electron chi connectivity index (χ1n) is 5.90. The van der Waals surface area contributed by atoms with Crippen LogP contribution in [-0.4, -0.2) is 11.6 Å². The highest BCUT2D eigenvalue weighted by Gasteiger charge is 2.27. The topological polar surface area (TPSA) is 26.3 Å². The molecule has 0 saturated heterocycles. The van der Waals surface area contributed by atoms with Crippen molar-refractivity contribution in [3.8, 4) is 0 Å². The highest BCUT2D eigenvalue weighted by molar-refractivity contribution is 6.19. The van der Waals surface area contributed by atoms with Gasteiger partial charge in [0.15, 0.2) is 0 Å². The van der Waals surface area contributed by atoms with Gasteiger partial charge in [0.05, 0.1) is 5.57 Å². The van der Waals surface area contributed by atoms with Crippen LogP contribution in [0.25, 0.3) is 5.57 Å². The maximum absolute atomic E-state index is 12.2. The average molecular weight is 230 g/mol. The molecule has 0 aliphatic heterocycles. The van der Waals surface area contributed by atoms with Gasteiger partial charge in [-0.25, -0.2) is 4.79 Å². The Balaban J connectivity index is 2.33. The van der Waals surface area contributed by atoms with Crippen LogP contribution >= 0.6 is 0 Å². The summed E-state index contributed by atoms with van der Waals surface area (Å²) in [5.41, 5.74) is 3.64. The second kappa shape index (κ2) is 4.02. The molecule has 2 heteroatoms. The van der Waals surface area contributed by atoms with E-state index < -0.39 is 5.60 Å². The Kier molecular flexibility index (Phi) is 2.82. The molecule has 1 aromatic carbocycles. The second-order valence-electron chi connectivity index (χ2n) is 5.49. The quantitative estimate of drug-likeness (QED) is 0.691. The first-order chi connectivity index (χ1) is 7.88. The minimum Gasteiger partial charge on any atom is -0.456 e. The predicted molar refractivity (Wildman–Crippen MR) is 68.6 cm³/mol. The highest BCUT2D eigenvalue weighted by Crippen LogP contribution is 2.34.